The first kappa shape index (κ1) is 17.4. The zero-order chi connectivity index (χ0) is 16.2. The standard InChI is InChI=1S/C14H18ClN3O2S2/c1-10(2)18-22(19,20)16-8-7-11-9-21-14(17-11)12-5-3-4-6-13(12)15/h3-6,9-10,16,18H,7-8H2,1-2H3. The minimum atomic E-state index is -3.45. The molecule has 120 valence electrons. The van der Waals surface area contributed by atoms with Crippen molar-refractivity contribution in [3.8, 4) is 10.6 Å². The van der Waals surface area contributed by atoms with Gasteiger partial charge in [0.2, 0.25) is 0 Å². The smallest absolute Gasteiger partial charge is 0.241 e. The van der Waals surface area contributed by atoms with Crippen molar-refractivity contribution in [2.24, 2.45) is 0 Å². The van der Waals surface area contributed by atoms with E-state index in [4.69, 9.17) is 11.6 Å². The Bertz CT molecular complexity index is 729. The van der Waals surface area contributed by atoms with Crippen LogP contribution in [0.3, 0.4) is 0 Å². The number of nitrogens with zero attached hydrogens (tertiary/aromatic N) is 1. The lowest BCUT2D eigenvalue weighted by Crippen LogP contribution is -2.41. The third-order valence-electron chi connectivity index (χ3n) is 2.72. The average Bonchev–Trinajstić information content (AvgIpc) is 2.86. The Labute approximate surface area is 139 Å². The van der Waals surface area contributed by atoms with Gasteiger partial charge in [-0.05, 0) is 19.9 Å². The summed E-state index contributed by atoms with van der Waals surface area (Å²) in [4.78, 5) is 4.50. The van der Waals surface area contributed by atoms with Crippen molar-refractivity contribution in [3.63, 3.8) is 0 Å². The molecule has 0 saturated carbocycles. The van der Waals surface area contributed by atoms with Gasteiger partial charge in [-0.3, -0.25) is 0 Å². The van der Waals surface area contributed by atoms with Gasteiger partial charge < -0.3 is 0 Å². The van der Waals surface area contributed by atoms with E-state index in [0.29, 0.717) is 18.0 Å². The van der Waals surface area contributed by atoms with Gasteiger partial charge >= 0.3 is 0 Å². The summed E-state index contributed by atoms with van der Waals surface area (Å²) in [5, 5.41) is 3.41. The van der Waals surface area contributed by atoms with Crippen LogP contribution in [0, 0.1) is 0 Å². The Hall–Kier alpha value is -0.990. The molecule has 0 fully saturated rings. The maximum absolute atomic E-state index is 11.6. The molecule has 0 bridgehead atoms. The number of aromatic nitrogens is 1. The van der Waals surface area contributed by atoms with Gasteiger partial charge in [-0.15, -0.1) is 11.3 Å². The molecular formula is C14H18ClN3O2S2. The summed E-state index contributed by atoms with van der Waals surface area (Å²) in [6, 6.07) is 7.39. The lowest BCUT2D eigenvalue weighted by molar-refractivity contribution is 0.555. The summed E-state index contributed by atoms with van der Waals surface area (Å²) >= 11 is 7.64. The lowest BCUT2D eigenvalue weighted by Gasteiger charge is -2.09. The molecule has 0 amide bonds. The normalized spacial score (nSPS) is 12.0. The highest BCUT2D eigenvalue weighted by atomic mass is 35.5. The summed E-state index contributed by atoms with van der Waals surface area (Å²) in [6.07, 6.45) is 0.528. The Morgan fingerprint density at radius 1 is 1.32 bits per heavy atom. The molecule has 5 nitrogen and oxygen atoms in total. The predicted molar refractivity (Wildman–Crippen MR) is 91.5 cm³/mol. The third-order valence-corrected chi connectivity index (χ3v) is 5.34. The van der Waals surface area contributed by atoms with Crippen molar-refractivity contribution < 1.29 is 8.42 Å². The topological polar surface area (TPSA) is 71.1 Å². The van der Waals surface area contributed by atoms with Crippen LogP contribution in [0.5, 0.6) is 0 Å². The zero-order valence-corrected chi connectivity index (χ0v) is 14.7. The van der Waals surface area contributed by atoms with Crippen LogP contribution in [-0.4, -0.2) is 26.0 Å². The van der Waals surface area contributed by atoms with Crippen LogP contribution < -0.4 is 9.44 Å². The van der Waals surface area contributed by atoms with E-state index < -0.39 is 10.2 Å². The lowest BCUT2D eigenvalue weighted by atomic mass is 10.2. The van der Waals surface area contributed by atoms with Crippen LogP contribution in [0.1, 0.15) is 19.5 Å². The molecule has 0 spiro atoms. The molecule has 0 unspecified atom stereocenters. The van der Waals surface area contributed by atoms with Gasteiger partial charge in [-0.1, -0.05) is 29.8 Å². The SMILES string of the molecule is CC(C)NS(=O)(=O)NCCc1csc(-c2ccccc2Cl)n1. The number of hydrogen-bond donors (Lipinski definition) is 2. The van der Waals surface area contributed by atoms with E-state index in [1.807, 2.05) is 29.6 Å². The van der Waals surface area contributed by atoms with E-state index >= 15 is 0 Å². The minimum Gasteiger partial charge on any atom is -0.241 e. The second kappa shape index (κ2) is 7.52. The summed E-state index contributed by atoms with van der Waals surface area (Å²) in [7, 11) is -3.45. The number of halogens is 1. The first-order valence-corrected chi connectivity index (χ1v) is 9.57. The van der Waals surface area contributed by atoms with Crippen molar-refractivity contribution in [3.05, 3.63) is 40.4 Å². The van der Waals surface area contributed by atoms with Crippen LogP contribution >= 0.6 is 22.9 Å². The van der Waals surface area contributed by atoms with E-state index in [0.717, 1.165) is 16.3 Å². The summed E-state index contributed by atoms with van der Waals surface area (Å²) in [6.45, 7) is 3.85. The summed E-state index contributed by atoms with van der Waals surface area (Å²) in [5.41, 5.74) is 1.73. The number of nitrogens with one attached hydrogen (secondary N) is 2. The molecule has 1 aromatic heterocycles. The van der Waals surface area contributed by atoms with E-state index in [1.54, 1.807) is 13.8 Å². The first-order chi connectivity index (χ1) is 10.4. The Kier molecular flexibility index (Phi) is 5.94. The molecule has 22 heavy (non-hydrogen) atoms. The number of hydrogen-bond acceptors (Lipinski definition) is 4. The van der Waals surface area contributed by atoms with Crippen molar-refractivity contribution in [2.75, 3.05) is 6.54 Å². The van der Waals surface area contributed by atoms with Gasteiger partial charge in [-0.2, -0.15) is 13.1 Å². The number of thiazole rings is 1. The molecule has 8 heteroatoms. The maximum atomic E-state index is 11.6. The Balaban J connectivity index is 1.95. The fourth-order valence-electron chi connectivity index (χ4n) is 1.85. The van der Waals surface area contributed by atoms with Crippen molar-refractivity contribution in [2.45, 2.75) is 26.3 Å². The van der Waals surface area contributed by atoms with Crippen molar-refractivity contribution in [1.29, 1.82) is 0 Å². The van der Waals surface area contributed by atoms with Gasteiger partial charge in [0.25, 0.3) is 10.2 Å². The fraction of sp³-hybridized carbons (Fsp3) is 0.357. The van der Waals surface area contributed by atoms with Crippen molar-refractivity contribution >= 4 is 33.1 Å². The molecule has 1 aromatic carbocycles. The van der Waals surface area contributed by atoms with E-state index in [9.17, 15) is 8.42 Å². The van der Waals surface area contributed by atoms with Gasteiger partial charge in [-0.25, -0.2) is 9.71 Å². The third kappa shape index (κ3) is 5.03. The second-order valence-electron chi connectivity index (χ2n) is 5.04. The van der Waals surface area contributed by atoms with Gasteiger partial charge in [0.15, 0.2) is 0 Å². The molecule has 0 aliphatic rings. The number of benzene rings is 1. The maximum Gasteiger partial charge on any atom is 0.277 e. The monoisotopic (exact) mass is 359 g/mol. The molecular weight excluding hydrogens is 342 g/mol. The Morgan fingerprint density at radius 3 is 2.73 bits per heavy atom. The molecule has 0 radical (unpaired) electrons. The molecule has 2 rings (SSSR count). The number of rotatable bonds is 7. The van der Waals surface area contributed by atoms with Crippen LogP contribution in [0.25, 0.3) is 10.6 Å². The van der Waals surface area contributed by atoms with Gasteiger partial charge in [0, 0.05) is 30.0 Å². The second-order valence-corrected chi connectivity index (χ2v) is 7.84. The molecule has 0 atom stereocenters. The largest absolute Gasteiger partial charge is 0.277 e. The molecule has 0 aliphatic heterocycles. The highest BCUT2D eigenvalue weighted by molar-refractivity contribution is 7.87. The Morgan fingerprint density at radius 2 is 2.05 bits per heavy atom. The van der Waals surface area contributed by atoms with Gasteiger partial charge in [0.05, 0.1) is 10.7 Å². The molecule has 0 aliphatic carbocycles. The van der Waals surface area contributed by atoms with E-state index in [-0.39, 0.29) is 6.04 Å². The minimum absolute atomic E-state index is 0.136. The van der Waals surface area contributed by atoms with Gasteiger partial charge in [0.1, 0.15) is 5.01 Å². The molecule has 0 saturated heterocycles. The highest BCUT2D eigenvalue weighted by Gasteiger charge is 2.12. The quantitative estimate of drug-likeness (QED) is 0.798. The van der Waals surface area contributed by atoms with Crippen LogP contribution in [0.15, 0.2) is 29.6 Å². The van der Waals surface area contributed by atoms with Crippen LogP contribution in [0.2, 0.25) is 5.02 Å². The van der Waals surface area contributed by atoms with E-state index in [2.05, 4.69) is 14.4 Å². The summed E-state index contributed by atoms with van der Waals surface area (Å²) < 4.78 is 28.3. The van der Waals surface area contributed by atoms with Crippen molar-refractivity contribution in [1.82, 2.24) is 14.4 Å². The predicted octanol–water partition coefficient (Wildman–Crippen LogP) is 2.84. The zero-order valence-electron chi connectivity index (χ0n) is 12.3. The first-order valence-electron chi connectivity index (χ1n) is 6.83. The highest BCUT2D eigenvalue weighted by Crippen LogP contribution is 2.30. The van der Waals surface area contributed by atoms with Crippen LogP contribution in [0.4, 0.5) is 0 Å². The summed E-state index contributed by atoms with van der Waals surface area (Å²) in [5.74, 6) is 0. The molecule has 2 N–H and O–H groups in total. The fourth-order valence-corrected chi connectivity index (χ4v) is 4.09. The van der Waals surface area contributed by atoms with E-state index in [1.165, 1.54) is 11.3 Å². The van der Waals surface area contributed by atoms with Crippen LogP contribution in [-0.2, 0) is 16.6 Å². The molecule has 1 heterocycles. The molecule has 2 aromatic rings. The average molecular weight is 360 g/mol.